The molecule has 0 aliphatic rings. The van der Waals surface area contributed by atoms with Crippen LogP contribution in [0, 0.1) is 17.8 Å². The third kappa shape index (κ3) is 7.58. The number of hydrogen-bond acceptors (Lipinski definition) is 3. The normalized spacial score (nSPS) is 11.7. The molecule has 6 heteroatoms. The van der Waals surface area contributed by atoms with Gasteiger partial charge in [-0.2, -0.15) is 0 Å². The molecule has 1 N–H and O–H groups in total. The molecule has 0 bridgehead atoms. The summed E-state index contributed by atoms with van der Waals surface area (Å²) in [5, 5.41) is 12.8. The van der Waals surface area contributed by atoms with Gasteiger partial charge in [-0.1, -0.05) is 77.9 Å². The molecule has 4 rings (SSSR count). The molecular formula is C34H47BrN2O3. The van der Waals surface area contributed by atoms with Gasteiger partial charge in [0.15, 0.2) is 11.0 Å². The van der Waals surface area contributed by atoms with Crippen LogP contribution >= 0.6 is 0 Å². The van der Waals surface area contributed by atoms with Crippen LogP contribution in [0.25, 0.3) is 21.8 Å². The molecule has 0 spiro atoms. The quantitative estimate of drug-likeness (QED) is 0.214. The molecule has 1 aromatic heterocycles. The first kappa shape index (κ1) is 32.0. The average molecular weight is 612 g/mol. The molecule has 0 unspecified atom stereocenters. The Hall–Kier alpha value is -2.57. The molecule has 0 aliphatic heterocycles. The first-order valence-corrected chi connectivity index (χ1v) is 14.7. The third-order valence-corrected chi connectivity index (χ3v) is 7.41. The number of aliphatic hydroxyl groups is 1. The number of aromatic nitrogens is 2. The van der Waals surface area contributed by atoms with Crippen molar-refractivity contribution in [3.8, 4) is 11.5 Å². The Morgan fingerprint density at radius 3 is 2.02 bits per heavy atom. The summed E-state index contributed by atoms with van der Waals surface area (Å²) >= 11 is 0. The zero-order valence-electron chi connectivity index (χ0n) is 25.1. The van der Waals surface area contributed by atoms with E-state index in [1.165, 1.54) is 0 Å². The van der Waals surface area contributed by atoms with Crippen LogP contribution in [0.3, 0.4) is 0 Å². The summed E-state index contributed by atoms with van der Waals surface area (Å²) in [6.07, 6.45) is 3.05. The Bertz CT molecular complexity index is 1380. The lowest BCUT2D eigenvalue weighted by Crippen LogP contribution is -3.00. The second kappa shape index (κ2) is 14.9. The summed E-state index contributed by atoms with van der Waals surface area (Å²) < 4.78 is 17.5. The molecule has 3 aromatic carbocycles. The van der Waals surface area contributed by atoms with Gasteiger partial charge in [-0.15, -0.1) is 0 Å². The van der Waals surface area contributed by atoms with Gasteiger partial charge in [-0.05, 0) is 55.2 Å². The maximum absolute atomic E-state index is 10.6. The molecule has 0 atom stereocenters. The van der Waals surface area contributed by atoms with Gasteiger partial charge in [0.25, 0.3) is 5.82 Å². The lowest BCUT2D eigenvalue weighted by atomic mass is 10.0. The SMILES string of the molecule is CC(C)CCOc1cc(C[n+]2c(CO)n(CCC(C)C)c3ccccc32)c(OCCC(C)C)c2ccccc12.[Br-]. The summed E-state index contributed by atoms with van der Waals surface area (Å²) in [4.78, 5) is 0. The van der Waals surface area contributed by atoms with Crippen LogP contribution in [0.1, 0.15) is 72.2 Å². The Morgan fingerprint density at radius 2 is 1.38 bits per heavy atom. The van der Waals surface area contributed by atoms with E-state index < -0.39 is 0 Å². The standard InChI is InChI=1S/C34H47N2O3.BrH/c1-24(2)15-18-35-30-13-9-10-14-31(30)36(33(35)23-37)22-27-21-32(38-19-16-25(3)4)28-11-7-8-12-29(28)34(27)39-20-17-26(5)6;/h7-14,21,24-26,37H,15-20,22-23H2,1-6H3;1H/q+1;/p-1. The van der Waals surface area contributed by atoms with E-state index in [1.54, 1.807) is 0 Å². The molecule has 4 aromatic rings. The third-order valence-electron chi connectivity index (χ3n) is 7.41. The Kier molecular flexibility index (Phi) is 11.9. The topological polar surface area (TPSA) is 47.5 Å². The lowest BCUT2D eigenvalue weighted by Gasteiger charge is -2.18. The number of ether oxygens (including phenoxy) is 2. The maximum atomic E-state index is 10.6. The molecule has 0 aliphatic carbocycles. The minimum absolute atomic E-state index is 0. The molecule has 0 saturated heterocycles. The summed E-state index contributed by atoms with van der Waals surface area (Å²) in [6.45, 7) is 16.2. The van der Waals surface area contributed by atoms with Crippen LogP contribution in [0.5, 0.6) is 11.5 Å². The van der Waals surface area contributed by atoms with Gasteiger partial charge >= 0.3 is 0 Å². The summed E-state index contributed by atoms with van der Waals surface area (Å²) in [7, 11) is 0. The van der Waals surface area contributed by atoms with E-state index in [0.29, 0.717) is 37.5 Å². The van der Waals surface area contributed by atoms with Crippen molar-refractivity contribution < 1.29 is 36.1 Å². The van der Waals surface area contributed by atoms with Gasteiger partial charge in [0.2, 0.25) is 0 Å². The van der Waals surface area contributed by atoms with Crippen LogP contribution < -0.4 is 31.0 Å². The van der Waals surface area contributed by atoms with Crippen molar-refractivity contribution in [3.05, 3.63) is 66.0 Å². The second-order valence-corrected chi connectivity index (χ2v) is 12.0. The van der Waals surface area contributed by atoms with Crippen molar-refractivity contribution in [3.63, 3.8) is 0 Å². The van der Waals surface area contributed by atoms with Crippen LogP contribution in [0.4, 0.5) is 0 Å². The number of fused-ring (bicyclic) bond motifs is 2. The summed E-state index contributed by atoms with van der Waals surface area (Å²) in [6, 6.07) is 19.0. The van der Waals surface area contributed by atoms with Gasteiger partial charge in [0, 0.05) is 16.3 Å². The number of halogens is 1. The van der Waals surface area contributed by atoms with Crippen molar-refractivity contribution in [1.29, 1.82) is 0 Å². The predicted molar refractivity (Wildman–Crippen MR) is 160 cm³/mol. The Labute approximate surface area is 250 Å². The number of nitrogens with zero attached hydrogens (tertiary/aromatic N) is 2. The molecule has 0 radical (unpaired) electrons. The highest BCUT2D eigenvalue weighted by Crippen LogP contribution is 2.37. The highest BCUT2D eigenvalue weighted by Gasteiger charge is 2.26. The highest BCUT2D eigenvalue weighted by molar-refractivity contribution is 5.94. The number of benzene rings is 3. The number of aliphatic hydroxyl groups excluding tert-OH is 1. The molecule has 1 heterocycles. The zero-order valence-corrected chi connectivity index (χ0v) is 26.7. The first-order valence-electron chi connectivity index (χ1n) is 14.7. The number of hydrogen-bond donors (Lipinski definition) is 1. The second-order valence-electron chi connectivity index (χ2n) is 12.0. The van der Waals surface area contributed by atoms with E-state index in [4.69, 9.17) is 9.47 Å². The van der Waals surface area contributed by atoms with Gasteiger partial charge < -0.3 is 31.6 Å². The number of aryl methyl sites for hydroxylation is 1. The lowest BCUT2D eigenvalue weighted by molar-refractivity contribution is -0.673. The summed E-state index contributed by atoms with van der Waals surface area (Å²) in [5.74, 6) is 4.45. The fraction of sp³-hybridized carbons (Fsp3) is 0.500. The molecular weight excluding hydrogens is 564 g/mol. The molecule has 218 valence electrons. The van der Waals surface area contributed by atoms with E-state index >= 15 is 0 Å². The van der Waals surface area contributed by atoms with E-state index in [2.05, 4.69) is 105 Å². The van der Waals surface area contributed by atoms with Crippen molar-refractivity contribution >= 4 is 21.8 Å². The van der Waals surface area contributed by atoms with Gasteiger partial charge in [-0.3, -0.25) is 0 Å². The van der Waals surface area contributed by atoms with Crippen LogP contribution in [-0.2, 0) is 19.7 Å². The average Bonchev–Trinajstić information content (AvgIpc) is 3.20. The van der Waals surface area contributed by atoms with Gasteiger partial charge in [0.05, 0.1) is 19.8 Å². The van der Waals surface area contributed by atoms with Crippen LogP contribution in [0.2, 0.25) is 0 Å². The molecule has 0 saturated carbocycles. The Morgan fingerprint density at radius 1 is 0.775 bits per heavy atom. The molecule has 40 heavy (non-hydrogen) atoms. The number of imidazole rings is 1. The van der Waals surface area contributed by atoms with Crippen molar-refractivity contribution in [2.24, 2.45) is 17.8 Å². The monoisotopic (exact) mass is 610 g/mol. The van der Waals surface area contributed by atoms with E-state index in [9.17, 15) is 5.11 Å². The first-order chi connectivity index (χ1) is 18.8. The molecule has 5 nitrogen and oxygen atoms in total. The summed E-state index contributed by atoms with van der Waals surface area (Å²) in [5.41, 5.74) is 3.34. The van der Waals surface area contributed by atoms with Crippen molar-refractivity contribution in [2.45, 2.75) is 80.5 Å². The predicted octanol–water partition coefficient (Wildman–Crippen LogP) is 4.52. The van der Waals surface area contributed by atoms with E-state index in [0.717, 1.165) is 70.5 Å². The van der Waals surface area contributed by atoms with Gasteiger partial charge in [0.1, 0.15) is 24.7 Å². The molecule has 0 amide bonds. The van der Waals surface area contributed by atoms with Crippen molar-refractivity contribution in [1.82, 2.24) is 4.57 Å². The number of para-hydroxylation sites is 2. The van der Waals surface area contributed by atoms with E-state index in [-0.39, 0.29) is 23.6 Å². The van der Waals surface area contributed by atoms with E-state index in [1.807, 2.05) is 0 Å². The fourth-order valence-electron chi connectivity index (χ4n) is 5.08. The van der Waals surface area contributed by atoms with Crippen LogP contribution in [0.15, 0.2) is 54.6 Å². The minimum Gasteiger partial charge on any atom is -1.00 e. The smallest absolute Gasteiger partial charge is 0.283 e. The maximum Gasteiger partial charge on any atom is 0.283 e. The largest absolute Gasteiger partial charge is 1.00 e. The minimum atomic E-state index is -0.0261. The van der Waals surface area contributed by atoms with Gasteiger partial charge in [-0.25, -0.2) is 9.13 Å². The zero-order chi connectivity index (χ0) is 27.9. The Balaban J connectivity index is 0.00000441. The fourth-order valence-corrected chi connectivity index (χ4v) is 5.08. The number of rotatable bonds is 14. The molecule has 0 fully saturated rings. The van der Waals surface area contributed by atoms with Crippen molar-refractivity contribution in [2.75, 3.05) is 13.2 Å². The highest BCUT2D eigenvalue weighted by atomic mass is 79.9. The van der Waals surface area contributed by atoms with Crippen LogP contribution in [-0.4, -0.2) is 22.9 Å².